The highest BCUT2D eigenvalue weighted by Crippen LogP contribution is 2.36. The van der Waals surface area contributed by atoms with Crippen molar-refractivity contribution in [3.63, 3.8) is 0 Å². The number of aromatic amines is 1. The van der Waals surface area contributed by atoms with Crippen LogP contribution in [0, 0.1) is 0 Å². The van der Waals surface area contributed by atoms with Crippen molar-refractivity contribution in [1.29, 1.82) is 0 Å². The van der Waals surface area contributed by atoms with E-state index >= 15 is 0 Å². The van der Waals surface area contributed by atoms with E-state index in [4.69, 9.17) is 0 Å². The molecule has 2 aromatic heterocycles. The van der Waals surface area contributed by atoms with Crippen molar-refractivity contribution < 1.29 is 9.48 Å². The fourth-order valence-electron chi connectivity index (χ4n) is 3.20. The molecule has 130 valence electrons. The predicted molar refractivity (Wildman–Crippen MR) is 97.8 cm³/mol. The third-order valence-corrected chi connectivity index (χ3v) is 4.81. The highest BCUT2D eigenvalue weighted by atomic mass is 32.2. The van der Waals surface area contributed by atoms with Crippen LogP contribution >= 0.6 is 11.8 Å². The first-order valence-corrected chi connectivity index (χ1v) is 9.24. The van der Waals surface area contributed by atoms with Gasteiger partial charge in [0.15, 0.2) is 0 Å². The van der Waals surface area contributed by atoms with Gasteiger partial charge in [-0.1, -0.05) is 30.0 Å². The summed E-state index contributed by atoms with van der Waals surface area (Å²) in [5, 5.41) is 5.05. The van der Waals surface area contributed by atoms with Gasteiger partial charge in [-0.15, -0.1) is 0 Å². The van der Waals surface area contributed by atoms with E-state index in [0.717, 1.165) is 0 Å². The molecule has 0 fully saturated rings. The quantitative estimate of drug-likeness (QED) is 0.552. The van der Waals surface area contributed by atoms with Crippen LogP contribution in [0.15, 0.2) is 58.6 Å². The second-order valence-electron chi connectivity index (χ2n) is 5.79. The molecule has 1 atom stereocenters. The molecule has 0 radical (unpaired) electrons. The summed E-state index contributed by atoms with van der Waals surface area (Å²) in [7, 11) is 0. The Bertz CT molecular complexity index is 1050. The monoisotopic (exact) mass is 366 g/mol. The number of benzene rings is 1. The van der Waals surface area contributed by atoms with Crippen LogP contribution in [0.2, 0.25) is 0 Å². The summed E-state index contributed by atoms with van der Waals surface area (Å²) in [4.78, 5) is 34.2. The molecule has 0 saturated heterocycles. The molecule has 7 nitrogen and oxygen atoms in total. The Morgan fingerprint density at radius 3 is 2.69 bits per heavy atom. The molecule has 4 rings (SSSR count). The molecule has 1 N–H and O–H groups in total. The zero-order chi connectivity index (χ0) is 18.3. The highest BCUT2D eigenvalue weighted by Gasteiger charge is 2.45. The number of aromatic nitrogens is 4. The maximum Gasteiger partial charge on any atom is 0.325 e. The highest BCUT2D eigenvalue weighted by molar-refractivity contribution is 7.98. The molecule has 1 unspecified atom stereocenters. The van der Waals surface area contributed by atoms with Crippen LogP contribution in [0.5, 0.6) is 0 Å². The minimum atomic E-state index is -0.633. The van der Waals surface area contributed by atoms with Gasteiger partial charge < -0.3 is 0 Å². The average Bonchev–Trinajstić information content (AvgIpc) is 2.66. The van der Waals surface area contributed by atoms with Gasteiger partial charge >= 0.3 is 17.4 Å². The van der Waals surface area contributed by atoms with E-state index in [-0.39, 0.29) is 11.5 Å². The van der Waals surface area contributed by atoms with E-state index in [1.165, 1.54) is 18.7 Å². The Morgan fingerprint density at radius 1 is 1.23 bits per heavy atom. The number of para-hydroxylation sites is 1. The first-order valence-electron chi connectivity index (χ1n) is 8.02. The van der Waals surface area contributed by atoms with Crippen molar-refractivity contribution >= 4 is 23.4 Å². The number of anilines is 1. The van der Waals surface area contributed by atoms with Gasteiger partial charge in [0, 0.05) is 18.2 Å². The molecule has 3 heterocycles. The van der Waals surface area contributed by atoms with E-state index in [2.05, 4.69) is 15.1 Å². The van der Waals surface area contributed by atoms with Crippen LogP contribution in [0.4, 0.5) is 5.69 Å². The second kappa shape index (κ2) is 6.38. The third-order valence-electron chi connectivity index (χ3n) is 4.24. The molecule has 0 spiro atoms. The molecule has 0 aliphatic carbocycles. The van der Waals surface area contributed by atoms with Crippen LogP contribution in [0.25, 0.3) is 11.3 Å². The first-order chi connectivity index (χ1) is 12.6. The standard InChI is InChI=1S/C18H15N5O2S/c1-11(24)22-14-9-4-3-7-12(14)15-16(25)20-18(26-2)21-23(15)17(22)13-8-5-6-10-19-13/h3-10,17H,1-2H3/p+1. The number of rotatable bonds is 2. The molecule has 1 amide bonds. The Morgan fingerprint density at radius 2 is 2.00 bits per heavy atom. The van der Waals surface area contributed by atoms with Crippen LogP contribution in [-0.4, -0.2) is 27.2 Å². The van der Waals surface area contributed by atoms with Gasteiger partial charge in [-0.2, -0.15) is 0 Å². The molecule has 26 heavy (non-hydrogen) atoms. The normalized spacial score (nSPS) is 15.3. The van der Waals surface area contributed by atoms with Crippen molar-refractivity contribution in [1.82, 2.24) is 15.1 Å². The first kappa shape index (κ1) is 16.5. The molecule has 1 aliphatic heterocycles. The van der Waals surface area contributed by atoms with Crippen molar-refractivity contribution in [2.75, 3.05) is 11.2 Å². The van der Waals surface area contributed by atoms with Gasteiger partial charge in [0.2, 0.25) is 11.1 Å². The summed E-state index contributed by atoms with van der Waals surface area (Å²) in [6.07, 6.45) is 2.86. The molecule has 0 bridgehead atoms. The van der Waals surface area contributed by atoms with E-state index in [1.807, 2.05) is 48.7 Å². The minimum Gasteiger partial charge on any atom is -0.291 e. The second-order valence-corrected chi connectivity index (χ2v) is 6.59. The van der Waals surface area contributed by atoms with Gasteiger partial charge in [-0.05, 0) is 35.2 Å². The van der Waals surface area contributed by atoms with Crippen molar-refractivity contribution in [3.8, 4) is 11.3 Å². The summed E-state index contributed by atoms with van der Waals surface area (Å²) in [5.74, 6) is -0.154. The molecule has 1 aromatic carbocycles. The number of hydrogen-bond donors (Lipinski definition) is 1. The lowest BCUT2D eigenvalue weighted by molar-refractivity contribution is -0.763. The SMILES string of the molecule is CSc1n[n+]2c(c(=O)[nH]1)-c1ccccc1N(C(C)=O)C2c1ccccn1. The third kappa shape index (κ3) is 2.50. The van der Waals surface area contributed by atoms with Crippen LogP contribution in [0.1, 0.15) is 18.8 Å². The fraction of sp³-hybridized carbons (Fsp3) is 0.167. The molecule has 0 saturated carbocycles. The number of carbonyl (C=O) groups excluding carboxylic acids is 1. The number of fused-ring (bicyclic) bond motifs is 3. The Kier molecular flexibility index (Phi) is 4.04. The van der Waals surface area contributed by atoms with Gasteiger partial charge in [-0.25, -0.2) is 4.90 Å². The van der Waals surface area contributed by atoms with Crippen molar-refractivity contribution in [2.24, 2.45) is 0 Å². The van der Waals surface area contributed by atoms with Crippen LogP contribution < -0.4 is 15.1 Å². The smallest absolute Gasteiger partial charge is 0.291 e. The van der Waals surface area contributed by atoms with E-state index in [1.54, 1.807) is 15.8 Å². The molecule has 8 heteroatoms. The van der Waals surface area contributed by atoms with Gasteiger partial charge in [0.1, 0.15) is 5.69 Å². The number of pyridine rings is 1. The summed E-state index contributed by atoms with van der Waals surface area (Å²) in [6, 6.07) is 12.8. The zero-order valence-electron chi connectivity index (χ0n) is 14.2. The number of thioether (sulfide) groups is 1. The van der Waals surface area contributed by atoms with E-state index in [0.29, 0.717) is 27.8 Å². The fourth-order valence-corrected chi connectivity index (χ4v) is 3.57. The molecule has 1 aliphatic rings. The molecular formula is C18H16N5O2S+. The number of nitrogens with zero attached hydrogens (tertiary/aromatic N) is 4. The molecule has 3 aromatic rings. The van der Waals surface area contributed by atoms with E-state index < -0.39 is 6.17 Å². The predicted octanol–water partition coefficient (Wildman–Crippen LogP) is 1.75. The Balaban J connectivity index is 2.10. The lowest BCUT2D eigenvalue weighted by Gasteiger charge is -2.30. The molecular weight excluding hydrogens is 350 g/mol. The lowest BCUT2D eigenvalue weighted by atomic mass is 10.0. The lowest BCUT2D eigenvalue weighted by Crippen LogP contribution is -2.60. The van der Waals surface area contributed by atoms with Crippen molar-refractivity contribution in [2.45, 2.75) is 18.2 Å². The number of nitrogens with one attached hydrogen (secondary N) is 1. The van der Waals surface area contributed by atoms with Crippen LogP contribution in [-0.2, 0) is 4.79 Å². The minimum absolute atomic E-state index is 0.154. The number of hydrogen-bond acceptors (Lipinski definition) is 5. The van der Waals surface area contributed by atoms with E-state index in [9.17, 15) is 9.59 Å². The summed E-state index contributed by atoms with van der Waals surface area (Å²) in [5.41, 5.74) is 2.12. The Labute approximate surface area is 153 Å². The van der Waals surface area contributed by atoms with Gasteiger partial charge in [-0.3, -0.25) is 19.6 Å². The van der Waals surface area contributed by atoms with Gasteiger partial charge in [0.25, 0.3) is 0 Å². The average molecular weight is 366 g/mol. The largest absolute Gasteiger partial charge is 0.325 e. The maximum absolute atomic E-state index is 12.8. The maximum atomic E-state index is 12.8. The van der Waals surface area contributed by atoms with Crippen LogP contribution in [0.3, 0.4) is 0 Å². The number of carbonyl (C=O) groups is 1. The number of amides is 1. The Hall–Kier alpha value is -3.00. The van der Waals surface area contributed by atoms with Gasteiger partial charge in [0.05, 0.1) is 11.3 Å². The summed E-state index contributed by atoms with van der Waals surface area (Å²) in [6.45, 7) is 1.50. The number of H-pyrrole nitrogens is 1. The summed E-state index contributed by atoms with van der Waals surface area (Å²) >= 11 is 1.33. The zero-order valence-corrected chi connectivity index (χ0v) is 15.0. The topological polar surface area (TPSA) is 82.8 Å². The summed E-state index contributed by atoms with van der Waals surface area (Å²) < 4.78 is 1.59. The van der Waals surface area contributed by atoms with Crippen molar-refractivity contribution in [3.05, 3.63) is 64.7 Å².